The van der Waals surface area contributed by atoms with E-state index in [0.29, 0.717) is 12.0 Å². The fourth-order valence-electron chi connectivity index (χ4n) is 3.78. The lowest BCUT2D eigenvalue weighted by molar-refractivity contribution is -0.140. The highest BCUT2D eigenvalue weighted by molar-refractivity contribution is 6.38. The van der Waals surface area contributed by atoms with Gasteiger partial charge in [0.15, 0.2) is 0 Å². The van der Waals surface area contributed by atoms with Gasteiger partial charge in [-0.1, -0.05) is 63.2 Å². The third-order valence-electron chi connectivity index (χ3n) is 6.04. The van der Waals surface area contributed by atoms with E-state index in [1.54, 1.807) is 19.1 Å². The molecular weight excluding hydrogens is 500 g/mol. The number of carbonyl (C=O) groups excluding carboxylic acids is 4. The number of nitrogens with zero attached hydrogens (tertiary/aromatic N) is 1. The zero-order valence-corrected chi connectivity index (χ0v) is 23.3. The molecule has 0 aliphatic rings. The van der Waals surface area contributed by atoms with Gasteiger partial charge in [0.05, 0.1) is 12.1 Å². The van der Waals surface area contributed by atoms with E-state index in [2.05, 4.69) is 16.0 Å². The van der Waals surface area contributed by atoms with Crippen LogP contribution in [0.15, 0.2) is 54.6 Å². The number of amides is 3. The van der Waals surface area contributed by atoms with Gasteiger partial charge in [-0.05, 0) is 42.0 Å². The van der Waals surface area contributed by atoms with Crippen molar-refractivity contribution in [2.75, 3.05) is 25.5 Å². The number of ketones is 1. The van der Waals surface area contributed by atoms with E-state index in [1.165, 1.54) is 0 Å². The summed E-state index contributed by atoms with van der Waals surface area (Å²) < 4.78 is 5.23. The third-order valence-corrected chi connectivity index (χ3v) is 6.04. The molecule has 3 amide bonds. The second-order valence-electron chi connectivity index (χ2n) is 9.93. The van der Waals surface area contributed by atoms with Gasteiger partial charge in [0.1, 0.15) is 12.6 Å². The Morgan fingerprint density at radius 1 is 0.923 bits per heavy atom. The molecule has 0 radical (unpaired) electrons. The van der Waals surface area contributed by atoms with Crippen LogP contribution in [0.25, 0.3) is 0 Å². The molecule has 0 fully saturated rings. The SMILES string of the molecule is CCC(NC(=O)[C@H](CC(C)C)NC(=O)OCc1ccccc1)C(=O)C(=O)NCC(O)c1ccc(N(C)C)cc1. The molecule has 0 aliphatic heterocycles. The molecule has 0 saturated carbocycles. The minimum atomic E-state index is -1.09. The Morgan fingerprint density at radius 2 is 1.56 bits per heavy atom. The van der Waals surface area contributed by atoms with Crippen molar-refractivity contribution < 1.29 is 29.0 Å². The summed E-state index contributed by atoms with van der Waals surface area (Å²) in [6, 6.07) is 14.3. The number of rotatable bonds is 14. The van der Waals surface area contributed by atoms with Gasteiger partial charge in [-0.3, -0.25) is 14.4 Å². The number of aliphatic hydroxyl groups excluding tert-OH is 1. The topological polar surface area (TPSA) is 137 Å². The van der Waals surface area contributed by atoms with Crippen LogP contribution in [-0.4, -0.2) is 61.5 Å². The summed E-state index contributed by atoms with van der Waals surface area (Å²) in [6.45, 7) is 5.33. The van der Waals surface area contributed by atoms with Crippen LogP contribution >= 0.6 is 0 Å². The molecule has 10 heteroatoms. The summed E-state index contributed by atoms with van der Waals surface area (Å²) in [5, 5.41) is 18.0. The minimum Gasteiger partial charge on any atom is -0.445 e. The van der Waals surface area contributed by atoms with Crippen LogP contribution in [0.4, 0.5) is 10.5 Å². The molecule has 0 heterocycles. The quantitative estimate of drug-likeness (QED) is 0.271. The normalized spacial score (nSPS) is 13.1. The number of Topliss-reactive ketones (excluding diaryl/α,β-unsaturated/α-hetero) is 1. The van der Waals surface area contributed by atoms with E-state index in [1.807, 2.05) is 75.3 Å². The number of hydrogen-bond donors (Lipinski definition) is 4. The summed E-state index contributed by atoms with van der Waals surface area (Å²) >= 11 is 0. The Labute approximate surface area is 230 Å². The molecule has 10 nitrogen and oxygen atoms in total. The van der Waals surface area contributed by atoms with Crippen molar-refractivity contribution in [1.29, 1.82) is 0 Å². The molecule has 39 heavy (non-hydrogen) atoms. The number of anilines is 1. The van der Waals surface area contributed by atoms with Crippen molar-refractivity contribution in [2.24, 2.45) is 5.92 Å². The largest absolute Gasteiger partial charge is 0.445 e. The molecule has 0 spiro atoms. The van der Waals surface area contributed by atoms with Gasteiger partial charge in [-0.25, -0.2) is 4.79 Å². The summed E-state index contributed by atoms with van der Waals surface area (Å²) in [5.74, 6) is -2.28. The van der Waals surface area contributed by atoms with Crippen molar-refractivity contribution in [3.05, 3.63) is 65.7 Å². The van der Waals surface area contributed by atoms with Gasteiger partial charge in [-0.2, -0.15) is 0 Å². The molecule has 0 aliphatic carbocycles. The van der Waals surface area contributed by atoms with Crippen molar-refractivity contribution in [2.45, 2.75) is 58.4 Å². The van der Waals surface area contributed by atoms with E-state index < -0.39 is 41.9 Å². The van der Waals surface area contributed by atoms with Gasteiger partial charge < -0.3 is 30.7 Å². The molecule has 0 bridgehead atoms. The first kappa shape index (κ1) is 31.3. The monoisotopic (exact) mass is 540 g/mol. The van der Waals surface area contributed by atoms with Crippen LogP contribution in [0, 0.1) is 5.92 Å². The first-order chi connectivity index (χ1) is 18.5. The molecule has 212 valence electrons. The van der Waals surface area contributed by atoms with Gasteiger partial charge in [0.25, 0.3) is 5.91 Å². The van der Waals surface area contributed by atoms with Crippen LogP contribution in [0.3, 0.4) is 0 Å². The Balaban J connectivity index is 1.93. The molecule has 2 rings (SSSR count). The van der Waals surface area contributed by atoms with E-state index >= 15 is 0 Å². The predicted molar refractivity (Wildman–Crippen MR) is 149 cm³/mol. The standard InChI is InChI=1S/C29H40N4O6/c1-6-23(26(35)28(37)30-17-25(34)21-12-14-22(15-13-21)33(4)5)31-27(36)24(16-19(2)3)32-29(38)39-18-20-10-8-7-9-11-20/h7-15,19,23-25,34H,6,16-18H2,1-5H3,(H,30,37)(H,31,36)(H,32,38)/t23?,24-,25?/m0/s1. The molecule has 0 saturated heterocycles. The van der Waals surface area contributed by atoms with Crippen LogP contribution in [-0.2, 0) is 25.7 Å². The number of aliphatic hydroxyl groups is 1. The van der Waals surface area contributed by atoms with Gasteiger partial charge in [0.2, 0.25) is 11.7 Å². The van der Waals surface area contributed by atoms with Crippen molar-refractivity contribution >= 4 is 29.4 Å². The highest BCUT2D eigenvalue weighted by Gasteiger charge is 2.30. The second-order valence-corrected chi connectivity index (χ2v) is 9.93. The average molecular weight is 541 g/mol. The maximum Gasteiger partial charge on any atom is 0.408 e. The van der Waals surface area contributed by atoms with Crippen molar-refractivity contribution in [3.63, 3.8) is 0 Å². The average Bonchev–Trinajstić information content (AvgIpc) is 2.92. The van der Waals surface area contributed by atoms with Gasteiger partial charge in [0, 0.05) is 26.3 Å². The fraction of sp³-hybridized carbons (Fsp3) is 0.448. The number of hydrogen-bond acceptors (Lipinski definition) is 7. The van der Waals surface area contributed by atoms with Crippen LogP contribution < -0.4 is 20.9 Å². The first-order valence-electron chi connectivity index (χ1n) is 13.1. The van der Waals surface area contributed by atoms with E-state index in [0.717, 1.165) is 11.3 Å². The Bertz CT molecular complexity index is 1090. The number of nitrogens with one attached hydrogen (secondary N) is 3. The lowest BCUT2D eigenvalue weighted by atomic mass is 10.0. The highest BCUT2D eigenvalue weighted by atomic mass is 16.5. The van der Waals surface area contributed by atoms with Gasteiger partial charge >= 0.3 is 6.09 Å². The molecule has 2 aromatic carbocycles. The molecule has 4 N–H and O–H groups in total. The number of ether oxygens (including phenoxy) is 1. The van der Waals surface area contributed by atoms with E-state index in [9.17, 15) is 24.3 Å². The van der Waals surface area contributed by atoms with Crippen molar-refractivity contribution in [3.8, 4) is 0 Å². The Morgan fingerprint density at radius 3 is 2.13 bits per heavy atom. The Kier molecular flexibility index (Phi) is 12.4. The molecule has 2 unspecified atom stereocenters. The smallest absolute Gasteiger partial charge is 0.408 e. The summed E-state index contributed by atoms with van der Waals surface area (Å²) in [4.78, 5) is 52.6. The molecule has 0 aromatic heterocycles. The zero-order chi connectivity index (χ0) is 28.9. The maximum absolute atomic E-state index is 13.0. The van der Waals surface area contributed by atoms with Crippen LogP contribution in [0.2, 0.25) is 0 Å². The fourth-order valence-corrected chi connectivity index (χ4v) is 3.78. The Hall–Kier alpha value is -3.92. The molecule has 3 atom stereocenters. The minimum absolute atomic E-state index is 0.0462. The summed E-state index contributed by atoms with van der Waals surface area (Å²) in [7, 11) is 3.80. The summed E-state index contributed by atoms with van der Waals surface area (Å²) in [5.41, 5.74) is 2.35. The van der Waals surface area contributed by atoms with E-state index in [4.69, 9.17) is 4.74 Å². The van der Waals surface area contributed by atoms with Crippen LogP contribution in [0.5, 0.6) is 0 Å². The number of carbonyl (C=O) groups is 4. The van der Waals surface area contributed by atoms with Crippen LogP contribution in [0.1, 0.15) is 50.8 Å². The van der Waals surface area contributed by atoms with Gasteiger partial charge in [-0.15, -0.1) is 0 Å². The molecule has 2 aromatic rings. The van der Waals surface area contributed by atoms with Crippen molar-refractivity contribution in [1.82, 2.24) is 16.0 Å². The lowest BCUT2D eigenvalue weighted by Crippen LogP contribution is -2.54. The number of alkyl carbamates (subject to hydrolysis) is 1. The molecular formula is C29H40N4O6. The zero-order valence-electron chi connectivity index (χ0n) is 23.3. The summed E-state index contributed by atoms with van der Waals surface area (Å²) in [6.07, 6.45) is -1.29. The number of benzene rings is 2. The second kappa shape index (κ2) is 15.5. The maximum atomic E-state index is 13.0. The first-order valence-corrected chi connectivity index (χ1v) is 13.1. The van der Waals surface area contributed by atoms with E-state index in [-0.39, 0.29) is 25.5 Å². The third kappa shape index (κ3) is 10.4. The lowest BCUT2D eigenvalue weighted by Gasteiger charge is -2.23. The highest BCUT2D eigenvalue weighted by Crippen LogP contribution is 2.17. The predicted octanol–water partition coefficient (Wildman–Crippen LogP) is 2.71.